The molecule has 0 saturated heterocycles. The number of benzene rings is 2. The van der Waals surface area contributed by atoms with E-state index in [1.807, 2.05) is 18.2 Å². The molecule has 0 bridgehead atoms. The van der Waals surface area contributed by atoms with Gasteiger partial charge in [-0.2, -0.15) is 0 Å². The molecule has 2 aromatic rings. The summed E-state index contributed by atoms with van der Waals surface area (Å²) in [6.45, 7) is 0.620. The summed E-state index contributed by atoms with van der Waals surface area (Å²) in [5.74, 6) is 0.0858. The third-order valence-electron chi connectivity index (χ3n) is 4.18. The van der Waals surface area contributed by atoms with Crippen molar-refractivity contribution in [2.45, 2.75) is 43.4 Å². The standard InChI is InChI=1S/C20H26N2O3S/c21-26(24,25)19-14-12-18(13-15-19)10-6-16-22-20(23)11-5-4-9-17-7-2-1-3-8-17/h1-3,7-8,12-15H,4-6,9-11,16H2,(H,22,23)(H2,21,24,25). The second-order valence-corrected chi connectivity index (χ2v) is 7.90. The van der Waals surface area contributed by atoms with Crippen LogP contribution in [0.1, 0.15) is 36.8 Å². The van der Waals surface area contributed by atoms with Gasteiger partial charge in [-0.25, -0.2) is 13.6 Å². The van der Waals surface area contributed by atoms with Crippen LogP contribution in [0.25, 0.3) is 0 Å². The Hall–Kier alpha value is -2.18. The van der Waals surface area contributed by atoms with Crippen LogP contribution >= 0.6 is 0 Å². The molecule has 2 aromatic carbocycles. The highest BCUT2D eigenvalue weighted by molar-refractivity contribution is 7.89. The number of rotatable bonds is 10. The van der Waals surface area contributed by atoms with E-state index in [-0.39, 0.29) is 10.8 Å². The van der Waals surface area contributed by atoms with Gasteiger partial charge in [0.2, 0.25) is 15.9 Å². The van der Waals surface area contributed by atoms with Crippen LogP contribution in [0.15, 0.2) is 59.5 Å². The van der Waals surface area contributed by atoms with Crippen molar-refractivity contribution in [2.24, 2.45) is 5.14 Å². The van der Waals surface area contributed by atoms with Gasteiger partial charge in [-0.05, 0) is 55.4 Å². The van der Waals surface area contributed by atoms with Gasteiger partial charge in [0.25, 0.3) is 0 Å². The topological polar surface area (TPSA) is 89.3 Å². The average Bonchev–Trinajstić information content (AvgIpc) is 2.63. The minimum absolute atomic E-state index is 0.0858. The zero-order valence-electron chi connectivity index (χ0n) is 14.9. The molecule has 0 atom stereocenters. The molecule has 1 amide bonds. The maximum Gasteiger partial charge on any atom is 0.238 e. The summed E-state index contributed by atoms with van der Waals surface area (Å²) in [6.07, 6.45) is 5.03. The number of sulfonamides is 1. The summed E-state index contributed by atoms with van der Waals surface area (Å²) in [4.78, 5) is 11.9. The minimum Gasteiger partial charge on any atom is -0.356 e. The quantitative estimate of drug-likeness (QED) is 0.627. The monoisotopic (exact) mass is 374 g/mol. The van der Waals surface area contributed by atoms with E-state index in [0.717, 1.165) is 37.7 Å². The number of aryl methyl sites for hydroxylation is 2. The van der Waals surface area contributed by atoms with Crippen LogP contribution in [0.5, 0.6) is 0 Å². The van der Waals surface area contributed by atoms with E-state index in [1.54, 1.807) is 12.1 Å². The number of unbranched alkanes of at least 4 members (excludes halogenated alkanes) is 1. The maximum absolute atomic E-state index is 11.8. The Morgan fingerprint density at radius 2 is 1.46 bits per heavy atom. The molecular formula is C20H26N2O3S. The normalized spacial score (nSPS) is 11.3. The number of nitrogens with two attached hydrogens (primary N) is 1. The molecule has 3 N–H and O–H groups in total. The summed E-state index contributed by atoms with van der Waals surface area (Å²) in [5, 5.41) is 8.00. The summed E-state index contributed by atoms with van der Waals surface area (Å²) in [5.41, 5.74) is 2.33. The van der Waals surface area contributed by atoms with E-state index in [2.05, 4.69) is 17.4 Å². The first-order chi connectivity index (χ1) is 12.4. The molecule has 0 unspecified atom stereocenters. The highest BCUT2D eigenvalue weighted by Crippen LogP contribution is 2.10. The van der Waals surface area contributed by atoms with Gasteiger partial charge in [0.1, 0.15) is 0 Å². The SMILES string of the molecule is NS(=O)(=O)c1ccc(CCCNC(=O)CCCCc2ccccc2)cc1. The van der Waals surface area contributed by atoms with Gasteiger partial charge >= 0.3 is 0 Å². The van der Waals surface area contributed by atoms with Crippen molar-refractivity contribution < 1.29 is 13.2 Å². The van der Waals surface area contributed by atoms with Gasteiger partial charge in [0.05, 0.1) is 4.90 Å². The number of amides is 1. The molecule has 0 fully saturated rings. The molecule has 0 saturated carbocycles. The summed E-state index contributed by atoms with van der Waals surface area (Å²) in [6, 6.07) is 16.8. The molecule has 5 nitrogen and oxygen atoms in total. The molecule has 2 rings (SSSR count). The predicted molar refractivity (Wildman–Crippen MR) is 103 cm³/mol. The number of hydrogen-bond acceptors (Lipinski definition) is 3. The Morgan fingerprint density at radius 1 is 0.846 bits per heavy atom. The molecule has 140 valence electrons. The second-order valence-electron chi connectivity index (χ2n) is 6.34. The Bertz CT molecular complexity index is 788. The number of carbonyl (C=O) groups is 1. The lowest BCUT2D eigenvalue weighted by atomic mass is 10.1. The van der Waals surface area contributed by atoms with Crippen LogP contribution in [0.4, 0.5) is 0 Å². The summed E-state index contributed by atoms with van der Waals surface area (Å²) >= 11 is 0. The number of hydrogen-bond donors (Lipinski definition) is 2. The molecule has 0 aliphatic carbocycles. The Labute approximate surface area is 155 Å². The van der Waals surface area contributed by atoms with Crippen molar-refractivity contribution in [1.29, 1.82) is 0 Å². The van der Waals surface area contributed by atoms with Crippen LogP contribution in [0.2, 0.25) is 0 Å². The second kappa shape index (κ2) is 10.1. The van der Waals surface area contributed by atoms with Crippen LogP contribution in [-0.2, 0) is 27.7 Å². The summed E-state index contributed by atoms with van der Waals surface area (Å²) in [7, 11) is -3.64. The largest absolute Gasteiger partial charge is 0.356 e. The molecule has 0 heterocycles. The molecule has 0 spiro atoms. The molecule has 0 aliphatic rings. The van der Waals surface area contributed by atoms with E-state index in [4.69, 9.17) is 5.14 Å². The van der Waals surface area contributed by atoms with Crippen molar-refractivity contribution in [3.05, 3.63) is 65.7 Å². The molecule has 26 heavy (non-hydrogen) atoms. The zero-order chi connectivity index (χ0) is 18.8. The van der Waals surface area contributed by atoms with E-state index >= 15 is 0 Å². The highest BCUT2D eigenvalue weighted by atomic mass is 32.2. The van der Waals surface area contributed by atoms with Crippen LogP contribution < -0.4 is 10.5 Å². The Balaban J connectivity index is 1.57. The van der Waals surface area contributed by atoms with Crippen LogP contribution in [0, 0.1) is 0 Å². The van der Waals surface area contributed by atoms with Crippen molar-refractivity contribution >= 4 is 15.9 Å². The van der Waals surface area contributed by atoms with Gasteiger partial charge < -0.3 is 5.32 Å². The number of carbonyl (C=O) groups excluding carboxylic acids is 1. The first-order valence-corrected chi connectivity index (χ1v) is 10.4. The third kappa shape index (κ3) is 7.37. The fourth-order valence-corrected chi connectivity index (χ4v) is 3.23. The third-order valence-corrected chi connectivity index (χ3v) is 5.11. The van der Waals surface area contributed by atoms with Gasteiger partial charge in [0, 0.05) is 13.0 Å². The Kier molecular flexibility index (Phi) is 7.81. The van der Waals surface area contributed by atoms with E-state index in [9.17, 15) is 13.2 Å². The smallest absolute Gasteiger partial charge is 0.238 e. The predicted octanol–water partition coefficient (Wildman–Crippen LogP) is 2.80. The average molecular weight is 375 g/mol. The maximum atomic E-state index is 11.8. The fraction of sp³-hybridized carbons (Fsp3) is 0.350. The Morgan fingerprint density at radius 3 is 2.12 bits per heavy atom. The molecule has 0 aromatic heterocycles. The van der Waals surface area contributed by atoms with Crippen LogP contribution in [-0.4, -0.2) is 20.9 Å². The lowest BCUT2D eigenvalue weighted by Gasteiger charge is -2.06. The van der Waals surface area contributed by atoms with Gasteiger partial charge in [-0.15, -0.1) is 0 Å². The van der Waals surface area contributed by atoms with Crippen molar-refractivity contribution in [1.82, 2.24) is 5.32 Å². The first kappa shape index (κ1) is 20.1. The fourth-order valence-electron chi connectivity index (χ4n) is 2.71. The van der Waals surface area contributed by atoms with Gasteiger partial charge in [0.15, 0.2) is 0 Å². The lowest BCUT2D eigenvalue weighted by molar-refractivity contribution is -0.121. The molecule has 6 heteroatoms. The van der Waals surface area contributed by atoms with E-state index < -0.39 is 10.0 Å². The van der Waals surface area contributed by atoms with Crippen molar-refractivity contribution in [3.63, 3.8) is 0 Å². The number of primary sulfonamides is 1. The van der Waals surface area contributed by atoms with Crippen molar-refractivity contribution in [3.8, 4) is 0 Å². The van der Waals surface area contributed by atoms with Gasteiger partial charge in [-0.3, -0.25) is 4.79 Å². The molecular weight excluding hydrogens is 348 g/mol. The lowest BCUT2D eigenvalue weighted by Crippen LogP contribution is -2.24. The van der Waals surface area contributed by atoms with E-state index in [1.165, 1.54) is 17.7 Å². The van der Waals surface area contributed by atoms with Crippen molar-refractivity contribution in [2.75, 3.05) is 6.54 Å². The highest BCUT2D eigenvalue weighted by Gasteiger charge is 2.06. The van der Waals surface area contributed by atoms with Gasteiger partial charge in [-0.1, -0.05) is 42.5 Å². The van der Waals surface area contributed by atoms with Crippen LogP contribution in [0.3, 0.4) is 0 Å². The minimum atomic E-state index is -3.64. The molecule has 0 radical (unpaired) electrons. The summed E-state index contributed by atoms with van der Waals surface area (Å²) < 4.78 is 22.4. The first-order valence-electron chi connectivity index (χ1n) is 8.87. The zero-order valence-corrected chi connectivity index (χ0v) is 15.7. The number of nitrogens with one attached hydrogen (secondary N) is 1. The van der Waals surface area contributed by atoms with E-state index in [0.29, 0.717) is 13.0 Å². The molecule has 0 aliphatic heterocycles.